The molecule has 0 atom stereocenters. The first kappa shape index (κ1) is 24.4. The number of hydrazine groups is 1. The maximum Gasteiger partial charge on any atom is 0.338 e. The van der Waals surface area contributed by atoms with Crippen molar-refractivity contribution in [2.24, 2.45) is 0 Å². The first-order valence-electron chi connectivity index (χ1n) is 12.1. The van der Waals surface area contributed by atoms with Crippen LogP contribution in [0.1, 0.15) is 27.6 Å². The molecule has 5 rings (SSSR count). The van der Waals surface area contributed by atoms with Crippen LogP contribution in [0.5, 0.6) is 0 Å². The van der Waals surface area contributed by atoms with Gasteiger partial charge in [-0.25, -0.2) is 19.8 Å². The number of para-hydroxylation sites is 1. The molecule has 1 aromatic heterocycles. The number of aromatic nitrogens is 2. The lowest BCUT2D eigenvalue weighted by molar-refractivity contribution is 0.0376. The van der Waals surface area contributed by atoms with Crippen LogP contribution in [-0.4, -0.2) is 59.8 Å². The summed E-state index contributed by atoms with van der Waals surface area (Å²) in [7, 11) is 0. The molecular weight excluding hydrogens is 470 g/mol. The number of nitrogens with zero attached hydrogens (tertiary/aromatic N) is 4. The molecule has 2 heterocycles. The standard InChI is InChI=1S/C28H27N5O4/c1-2-37-28(35)21-7-6-8-22(17-21)31-27(34)20-11-12-25-24(18-20)26(30-19-29-25)33(23-9-4-3-5-10-23)32-13-15-36-16-14-32/h3-12,17-19H,2,13-16H2,1H3,(H,31,34). The van der Waals surface area contributed by atoms with Gasteiger partial charge in [-0.05, 0) is 55.5 Å². The summed E-state index contributed by atoms with van der Waals surface area (Å²) in [6, 6.07) is 22.0. The summed E-state index contributed by atoms with van der Waals surface area (Å²) in [5.74, 6) is -0.0670. The minimum atomic E-state index is -0.435. The van der Waals surface area contributed by atoms with E-state index in [4.69, 9.17) is 9.47 Å². The lowest BCUT2D eigenvalue weighted by Crippen LogP contribution is -2.47. The number of morpholine rings is 1. The van der Waals surface area contributed by atoms with Crippen molar-refractivity contribution < 1.29 is 19.1 Å². The number of carbonyl (C=O) groups is 2. The zero-order valence-corrected chi connectivity index (χ0v) is 20.5. The number of carbonyl (C=O) groups excluding carboxylic acids is 2. The summed E-state index contributed by atoms with van der Waals surface area (Å²) in [5, 5.41) is 7.87. The zero-order valence-electron chi connectivity index (χ0n) is 20.5. The number of hydrogen-bond donors (Lipinski definition) is 1. The third-order valence-electron chi connectivity index (χ3n) is 5.98. The lowest BCUT2D eigenvalue weighted by Gasteiger charge is -2.38. The molecule has 0 aliphatic carbocycles. The van der Waals surface area contributed by atoms with E-state index < -0.39 is 5.97 Å². The molecule has 0 spiro atoms. The topological polar surface area (TPSA) is 96.9 Å². The Labute approximate surface area is 214 Å². The molecule has 9 heteroatoms. The Morgan fingerprint density at radius 2 is 1.78 bits per heavy atom. The van der Waals surface area contributed by atoms with E-state index in [2.05, 4.69) is 25.3 Å². The number of nitrogens with one attached hydrogen (secondary N) is 1. The van der Waals surface area contributed by atoms with Gasteiger partial charge in [-0.3, -0.25) is 9.80 Å². The molecule has 1 N–H and O–H groups in total. The van der Waals surface area contributed by atoms with E-state index in [1.807, 2.05) is 36.4 Å². The minimum Gasteiger partial charge on any atom is -0.462 e. The van der Waals surface area contributed by atoms with Crippen molar-refractivity contribution in [2.45, 2.75) is 6.92 Å². The molecule has 1 amide bonds. The number of ether oxygens (including phenoxy) is 2. The molecule has 1 fully saturated rings. The van der Waals surface area contributed by atoms with E-state index in [1.54, 1.807) is 43.3 Å². The monoisotopic (exact) mass is 497 g/mol. The second-order valence-electron chi connectivity index (χ2n) is 8.40. The summed E-state index contributed by atoms with van der Waals surface area (Å²) >= 11 is 0. The predicted molar refractivity (Wildman–Crippen MR) is 141 cm³/mol. The minimum absolute atomic E-state index is 0.279. The van der Waals surface area contributed by atoms with Gasteiger partial charge in [0.1, 0.15) is 6.33 Å². The van der Waals surface area contributed by atoms with E-state index in [1.165, 1.54) is 6.33 Å². The molecule has 1 saturated heterocycles. The zero-order chi connectivity index (χ0) is 25.6. The summed E-state index contributed by atoms with van der Waals surface area (Å²) in [4.78, 5) is 34.4. The molecule has 9 nitrogen and oxygen atoms in total. The Morgan fingerprint density at radius 1 is 0.973 bits per heavy atom. The van der Waals surface area contributed by atoms with Gasteiger partial charge in [0.15, 0.2) is 5.82 Å². The summed E-state index contributed by atoms with van der Waals surface area (Å²) in [6.07, 6.45) is 1.54. The molecule has 1 aliphatic heterocycles. The van der Waals surface area contributed by atoms with Crippen LogP contribution in [0.4, 0.5) is 17.2 Å². The van der Waals surface area contributed by atoms with E-state index in [0.29, 0.717) is 48.9 Å². The molecule has 0 saturated carbocycles. The number of amides is 1. The van der Waals surface area contributed by atoms with Crippen LogP contribution in [0.2, 0.25) is 0 Å². The van der Waals surface area contributed by atoms with Crippen molar-refractivity contribution in [1.82, 2.24) is 15.0 Å². The first-order valence-corrected chi connectivity index (χ1v) is 12.1. The molecule has 0 bridgehead atoms. The van der Waals surface area contributed by atoms with Crippen molar-refractivity contribution in [3.8, 4) is 0 Å². The summed E-state index contributed by atoms with van der Waals surface area (Å²) in [5.41, 5.74) is 2.99. The van der Waals surface area contributed by atoms with Gasteiger partial charge in [0, 0.05) is 29.7 Å². The average molecular weight is 498 g/mol. The SMILES string of the molecule is CCOC(=O)c1cccc(NC(=O)c2ccc3ncnc(N(c4ccccc4)N4CCOCC4)c3c2)c1. The predicted octanol–water partition coefficient (Wildman–Crippen LogP) is 4.44. The molecule has 0 radical (unpaired) electrons. The highest BCUT2D eigenvalue weighted by Crippen LogP contribution is 2.32. The quantitative estimate of drug-likeness (QED) is 0.374. The molecule has 188 valence electrons. The molecular formula is C28H27N5O4. The Kier molecular flexibility index (Phi) is 7.34. The van der Waals surface area contributed by atoms with Crippen LogP contribution in [0.15, 0.2) is 79.1 Å². The van der Waals surface area contributed by atoms with Crippen LogP contribution in [0.3, 0.4) is 0 Å². The Morgan fingerprint density at radius 3 is 2.57 bits per heavy atom. The third-order valence-corrected chi connectivity index (χ3v) is 5.98. The van der Waals surface area contributed by atoms with Crippen molar-refractivity contribution in [3.63, 3.8) is 0 Å². The van der Waals surface area contributed by atoms with Gasteiger partial charge in [-0.1, -0.05) is 24.3 Å². The van der Waals surface area contributed by atoms with Gasteiger partial charge >= 0.3 is 5.97 Å². The second kappa shape index (κ2) is 11.2. The largest absolute Gasteiger partial charge is 0.462 e. The van der Waals surface area contributed by atoms with E-state index >= 15 is 0 Å². The first-order chi connectivity index (χ1) is 18.1. The van der Waals surface area contributed by atoms with E-state index in [-0.39, 0.29) is 12.5 Å². The number of esters is 1. The van der Waals surface area contributed by atoms with Crippen LogP contribution in [0.25, 0.3) is 10.9 Å². The highest BCUT2D eigenvalue weighted by atomic mass is 16.5. The van der Waals surface area contributed by atoms with Gasteiger partial charge in [0.2, 0.25) is 0 Å². The molecule has 3 aromatic carbocycles. The number of benzene rings is 3. The van der Waals surface area contributed by atoms with Crippen molar-refractivity contribution >= 4 is 40.0 Å². The van der Waals surface area contributed by atoms with E-state index in [0.717, 1.165) is 16.6 Å². The van der Waals surface area contributed by atoms with Gasteiger partial charge in [0.05, 0.1) is 36.6 Å². The Hall–Kier alpha value is -4.34. The summed E-state index contributed by atoms with van der Waals surface area (Å²) in [6.45, 7) is 4.67. The Bertz CT molecular complexity index is 1410. The fraction of sp³-hybridized carbons (Fsp3) is 0.214. The number of hydrogen-bond acceptors (Lipinski definition) is 8. The highest BCUT2D eigenvalue weighted by molar-refractivity contribution is 6.07. The molecule has 37 heavy (non-hydrogen) atoms. The van der Waals surface area contributed by atoms with Crippen LogP contribution >= 0.6 is 0 Å². The lowest BCUT2D eigenvalue weighted by atomic mass is 10.1. The number of fused-ring (bicyclic) bond motifs is 1. The second-order valence-corrected chi connectivity index (χ2v) is 8.40. The molecule has 1 aliphatic rings. The molecule has 0 unspecified atom stereocenters. The maximum absolute atomic E-state index is 13.2. The number of rotatable bonds is 7. The third kappa shape index (κ3) is 5.42. The van der Waals surface area contributed by atoms with Crippen LogP contribution < -0.4 is 10.3 Å². The van der Waals surface area contributed by atoms with Gasteiger partial charge < -0.3 is 14.8 Å². The maximum atomic E-state index is 13.2. The van der Waals surface area contributed by atoms with Gasteiger partial charge in [0.25, 0.3) is 5.91 Å². The fourth-order valence-corrected chi connectivity index (χ4v) is 4.24. The van der Waals surface area contributed by atoms with Crippen molar-refractivity contribution in [2.75, 3.05) is 43.2 Å². The van der Waals surface area contributed by atoms with Crippen molar-refractivity contribution in [1.29, 1.82) is 0 Å². The van der Waals surface area contributed by atoms with Crippen molar-refractivity contribution in [3.05, 3.63) is 90.3 Å². The smallest absolute Gasteiger partial charge is 0.338 e. The van der Waals surface area contributed by atoms with Gasteiger partial charge in [-0.2, -0.15) is 0 Å². The average Bonchev–Trinajstić information content (AvgIpc) is 2.94. The van der Waals surface area contributed by atoms with Crippen LogP contribution in [-0.2, 0) is 9.47 Å². The highest BCUT2D eigenvalue weighted by Gasteiger charge is 2.24. The fourth-order valence-electron chi connectivity index (χ4n) is 4.24. The summed E-state index contributed by atoms with van der Waals surface area (Å²) < 4.78 is 10.6. The number of anilines is 3. The van der Waals surface area contributed by atoms with Gasteiger partial charge in [-0.15, -0.1) is 0 Å². The van der Waals surface area contributed by atoms with Crippen LogP contribution in [0, 0.1) is 0 Å². The normalized spacial score (nSPS) is 13.8. The van der Waals surface area contributed by atoms with E-state index in [9.17, 15) is 9.59 Å². The molecule has 4 aromatic rings. The Balaban J connectivity index is 1.49.